The van der Waals surface area contributed by atoms with Crippen LogP contribution < -0.4 is 14.0 Å². The van der Waals surface area contributed by atoms with E-state index in [0.717, 1.165) is 55.8 Å². The summed E-state index contributed by atoms with van der Waals surface area (Å²) >= 11 is 0. The molecule has 176 valence electrons. The van der Waals surface area contributed by atoms with Gasteiger partial charge in [-0.25, -0.2) is 9.36 Å². The summed E-state index contributed by atoms with van der Waals surface area (Å²) in [6, 6.07) is 21.1. The zero-order chi connectivity index (χ0) is 22.4. The summed E-state index contributed by atoms with van der Waals surface area (Å²) in [4.78, 5) is 12.0. The van der Waals surface area contributed by atoms with Crippen molar-refractivity contribution in [3.8, 4) is 17.2 Å². The van der Waals surface area contributed by atoms with E-state index in [4.69, 9.17) is 14.2 Å². The number of ether oxygens (including phenoxy) is 3. The molecule has 0 saturated carbocycles. The molecule has 0 amide bonds. The Hall–Kier alpha value is -3.34. The predicted octanol–water partition coefficient (Wildman–Crippen LogP) is 6.52. The Balaban J connectivity index is 0.00000385. The molecule has 0 N–H and O–H groups in total. The molecule has 0 unspecified atom stereocenters. The maximum atomic E-state index is 12.0. The van der Waals surface area contributed by atoms with E-state index in [9.17, 15) is 4.79 Å². The summed E-state index contributed by atoms with van der Waals surface area (Å²) in [7, 11) is 1.89. The molecule has 1 heterocycles. The Morgan fingerprint density at radius 2 is 1.33 bits per heavy atom. The molecule has 0 aliphatic carbocycles. The number of benzene rings is 2. The van der Waals surface area contributed by atoms with Gasteiger partial charge in [0.25, 0.3) is 0 Å². The highest BCUT2D eigenvalue weighted by Gasteiger charge is 2.09. The minimum Gasteiger partial charge on any atom is -0.494 e. The lowest BCUT2D eigenvalue weighted by Gasteiger charge is -2.08. The average Bonchev–Trinajstić information content (AvgIpc) is 2.82. The maximum absolute atomic E-state index is 12.0. The van der Waals surface area contributed by atoms with Gasteiger partial charge < -0.3 is 14.2 Å². The van der Waals surface area contributed by atoms with Crippen molar-refractivity contribution in [1.82, 2.24) is 0 Å². The van der Waals surface area contributed by atoms with Gasteiger partial charge in [-0.05, 0) is 55.3 Å². The van der Waals surface area contributed by atoms with Crippen molar-refractivity contribution in [3.63, 3.8) is 0 Å². The van der Waals surface area contributed by atoms with Gasteiger partial charge in [-0.15, -0.1) is 0 Å². The van der Waals surface area contributed by atoms with Crippen molar-refractivity contribution in [2.75, 3.05) is 13.2 Å². The Morgan fingerprint density at radius 1 is 0.727 bits per heavy atom. The van der Waals surface area contributed by atoms with Crippen LogP contribution in [0.4, 0.5) is 0 Å². The number of hydrogen-bond acceptors (Lipinski definition) is 4. The standard InChI is InChI=1S/C27H32NO4.CH4/c1-28-19-11-12-23(22-28)27(29)31-21-10-5-3-2-4-9-20-30-24-15-17-26(18-16-24)32-25-13-7-6-8-14-25;/h6-8,11-19,22H,2-5,9-10,20-21H2,1H3;1H4/q+1;. The molecular formula is C28H36NO4+. The summed E-state index contributed by atoms with van der Waals surface area (Å²) < 4.78 is 18.8. The number of rotatable bonds is 13. The first-order valence-corrected chi connectivity index (χ1v) is 11.3. The van der Waals surface area contributed by atoms with E-state index >= 15 is 0 Å². The molecule has 0 aliphatic heterocycles. The molecule has 0 aliphatic rings. The lowest BCUT2D eigenvalue weighted by Crippen LogP contribution is -2.28. The van der Waals surface area contributed by atoms with Crippen LogP contribution in [0.2, 0.25) is 0 Å². The first-order chi connectivity index (χ1) is 15.7. The van der Waals surface area contributed by atoms with Crippen LogP contribution in [0.5, 0.6) is 17.2 Å². The van der Waals surface area contributed by atoms with E-state index in [1.165, 1.54) is 0 Å². The molecule has 0 spiro atoms. The van der Waals surface area contributed by atoms with Gasteiger partial charge in [0.15, 0.2) is 12.4 Å². The maximum Gasteiger partial charge on any atom is 0.344 e. The Bertz CT molecular complexity index is 942. The van der Waals surface area contributed by atoms with Crippen LogP contribution in [0.25, 0.3) is 0 Å². The molecule has 3 rings (SSSR count). The van der Waals surface area contributed by atoms with Gasteiger partial charge in [-0.2, -0.15) is 0 Å². The lowest BCUT2D eigenvalue weighted by molar-refractivity contribution is -0.671. The topological polar surface area (TPSA) is 48.6 Å². The van der Waals surface area contributed by atoms with Crippen LogP contribution >= 0.6 is 0 Å². The fourth-order valence-corrected chi connectivity index (χ4v) is 3.29. The number of unbranched alkanes of at least 4 members (excludes halogenated alkanes) is 5. The van der Waals surface area contributed by atoms with E-state index in [1.807, 2.05) is 78.5 Å². The van der Waals surface area contributed by atoms with Crippen molar-refractivity contribution in [2.45, 2.75) is 46.0 Å². The summed E-state index contributed by atoms with van der Waals surface area (Å²) in [6.07, 6.45) is 10.1. The van der Waals surface area contributed by atoms with E-state index < -0.39 is 0 Å². The molecule has 0 saturated heterocycles. The third-order valence-electron chi connectivity index (χ3n) is 5.02. The monoisotopic (exact) mass is 450 g/mol. The first kappa shape index (κ1) is 25.9. The van der Waals surface area contributed by atoms with Gasteiger partial charge in [0, 0.05) is 6.07 Å². The van der Waals surface area contributed by atoms with E-state index in [2.05, 4.69) is 0 Å². The number of hydrogen-bond donors (Lipinski definition) is 0. The third-order valence-corrected chi connectivity index (χ3v) is 5.02. The summed E-state index contributed by atoms with van der Waals surface area (Å²) in [5, 5.41) is 0. The third kappa shape index (κ3) is 9.77. The summed E-state index contributed by atoms with van der Waals surface area (Å²) in [6.45, 7) is 1.19. The van der Waals surface area contributed by atoms with E-state index in [1.54, 1.807) is 12.3 Å². The number of esters is 1. The highest BCUT2D eigenvalue weighted by atomic mass is 16.5. The quantitative estimate of drug-likeness (QED) is 0.169. The molecule has 0 radical (unpaired) electrons. The molecule has 5 nitrogen and oxygen atoms in total. The van der Waals surface area contributed by atoms with Crippen LogP contribution in [-0.4, -0.2) is 19.2 Å². The summed E-state index contributed by atoms with van der Waals surface area (Å²) in [5.74, 6) is 2.23. The van der Waals surface area contributed by atoms with Crippen LogP contribution in [0.3, 0.4) is 0 Å². The molecule has 2 aromatic carbocycles. The van der Waals surface area contributed by atoms with Gasteiger partial charge in [-0.1, -0.05) is 51.3 Å². The Labute approximate surface area is 197 Å². The minimum atomic E-state index is -0.252. The smallest absolute Gasteiger partial charge is 0.344 e. The molecule has 0 atom stereocenters. The van der Waals surface area contributed by atoms with Crippen LogP contribution in [0, 0.1) is 0 Å². The first-order valence-electron chi connectivity index (χ1n) is 11.3. The fourth-order valence-electron chi connectivity index (χ4n) is 3.29. The number of para-hydroxylation sites is 1. The van der Waals surface area contributed by atoms with Crippen LogP contribution in [0.15, 0.2) is 79.1 Å². The minimum absolute atomic E-state index is 0. The highest BCUT2D eigenvalue weighted by molar-refractivity contribution is 5.88. The Kier molecular flexibility index (Phi) is 11.5. The van der Waals surface area contributed by atoms with Gasteiger partial charge in [0.2, 0.25) is 0 Å². The normalized spacial score (nSPS) is 10.2. The second kappa shape index (κ2) is 14.7. The van der Waals surface area contributed by atoms with Gasteiger partial charge >= 0.3 is 5.97 Å². The molecule has 33 heavy (non-hydrogen) atoms. The van der Waals surface area contributed by atoms with Crippen LogP contribution in [0.1, 0.15) is 56.3 Å². The van der Waals surface area contributed by atoms with Crippen molar-refractivity contribution in [2.24, 2.45) is 7.05 Å². The number of aromatic nitrogens is 1. The number of pyridine rings is 1. The molecule has 0 bridgehead atoms. The molecular weight excluding hydrogens is 414 g/mol. The van der Waals surface area contributed by atoms with Gasteiger partial charge in [0.1, 0.15) is 29.9 Å². The number of aryl methyl sites for hydroxylation is 1. The molecule has 1 aromatic heterocycles. The van der Waals surface area contributed by atoms with E-state index in [0.29, 0.717) is 18.8 Å². The van der Waals surface area contributed by atoms with Crippen molar-refractivity contribution in [1.29, 1.82) is 0 Å². The average molecular weight is 451 g/mol. The largest absolute Gasteiger partial charge is 0.494 e. The van der Waals surface area contributed by atoms with Crippen molar-refractivity contribution >= 4 is 5.97 Å². The molecule has 3 aromatic rings. The predicted molar refractivity (Wildman–Crippen MR) is 131 cm³/mol. The Morgan fingerprint density at radius 3 is 2.03 bits per heavy atom. The number of nitrogens with zero attached hydrogens (tertiary/aromatic N) is 1. The van der Waals surface area contributed by atoms with Gasteiger partial charge in [-0.3, -0.25) is 0 Å². The number of carbonyl (C=O) groups excluding carboxylic acids is 1. The second-order valence-corrected chi connectivity index (χ2v) is 7.75. The zero-order valence-electron chi connectivity index (χ0n) is 18.7. The van der Waals surface area contributed by atoms with Crippen molar-refractivity contribution in [3.05, 3.63) is 84.7 Å². The molecule has 5 heteroatoms. The highest BCUT2D eigenvalue weighted by Crippen LogP contribution is 2.23. The lowest BCUT2D eigenvalue weighted by atomic mass is 10.1. The van der Waals surface area contributed by atoms with Crippen LogP contribution in [-0.2, 0) is 11.8 Å². The number of carbonyl (C=O) groups is 1. The van der Waals surface area contributed by atoms with E-state index in [-0.39, 0.29) is 13.4 Å². The zero-order valence-corrected chi connectivity index (χ0v) is 18.7. The molecule has 0 fully saturated rings. The second-order valence-electron chi connectivity index (χ2n) is 7.75. The van der Waals surface area contributed by atoms with Gasteiger partial charge in [0.05, 0.1) is 13.2 Å². The fraction of sp³-hybridized carbons (Fsp3) is 0.357. The van der Waals surface area contributed by atoms with Crippen molar-refractivity contribution < 1.29 is 23.6 Å². The summed E-state index contributed by atoms with van der Waals surface area (Å²) in [5.41, 5.74) is 0.591. The SMILES string of the molecule is C.C[n+]1cccc(C(=O)OCCCCCCCCOc2ccc(Oc3ccccc3)cc2)c1.